The van der Waals surface area contributed by atoms with Crippen LogP contribution in [0, 0.1) is 5.41 Å². The summed E-state index contributed by atoms with van der Waals surface area (Å²) < 4.78 is 1.99. The smallest absolute Gasteiger partial charge is 0.0521 e. The molecule has 1 aromatic heterocycles. The average molecular weight is 352 g/mol. The average Bonchev–Trinajstić information content (AvgIpc) is 2.76. The van der Waals surface area contributed by atoms with Crippen molar-refractivity contribution >= 4 is 31.9 Å². The SMILES string of the molecule is CCCC(CBr)(CBr)Cc1cnn(CC)c1. The van der Waals surface area contributed by atoms with Crippen LogP contribution in [0.2, 0.25) is 0 Å². The molecule has 2 nitrogen and oxygen atoms in total. The van der Waals surface area contributed by atoms with Crippen molar-refractivity contribution in [1.82, 2.24) is 9.78 Å². The number of alkyl halides is 2. The highest BCUT2D eigenvalue weighted by Gasteiger charge is 2.27. The van der Waals surface area contributed by atoms with E-state index in [0.717, 1.165) is 23.6 Å². The fourth-order valence-corrected chi connectivity index (χ4v) is 3.87. The van der Waals surface area contributed by atoms with Gasteiger partial charge in [0.2, 0.25) is 0 Å². The molecule has 92 valence electrons. The van der Waals surface area contributed by atoms with Gasteiger partial charge in [-0.1, -0.05) is 45.2 Å². The maximum absolute atomic E-state index is 4.33. The van der Waals surface area contributed by atoms with Gasteiger partial charge in [-0.2, -0.15) is 5.10 Å². The summed E-state index contributed by atoms with van der Waals surface area (Å²) in [5.74, 6) is 0. The molecule has 1 aromatic rings. The lowest BCUT2D eigenvalue weighted by atomic mass is 9.82. The van der Waals surface area contributed by atoms with E-state index in [0.29, 0.717) is 5.41 Å². The van der Waals surface area contributed by atoms with Crippen molar-refractivity contribution in [2.45, 2.75) is 39.7 Å². The predicted molar refractivity (Wildman–Crippen MR) is 76.5 cm³/mol. The van der Waals surface area contributed by atoms with Crippen molar-refractivity contribution in [2.75, 3.05) is 10.7 Å². The van der Waals surface area contributed by atoms with E-state index in [-0.39, 0.29) is 0 Å². The predicted octanol–water partition coefficient (Wildman–Crippen LogP) is 4.02. The Kier molecular flexibility index (Phi) is 6.05. The first-order chi connectivity index (χ1) is 7.69. The monoisotopic (exact) mass is 350 g/mol. The number of aryl methyl sites for hydroxylation is 1. The van der Waals surface area contributed by atoms with Crippen molar-refractivity contribution in [2.24, 2.45) is 5.41 Å². The molecular weight excluding hydrogens is 332 g/mol. The number of nitrogens with zero attached hydrogens (tertiary/aromatic N) is 2. The van der Waals surface area contributed by atoms with Gasteiger partial charge >= 0.3 is 0 Å². The maximum Gasteiger partial charge on any atom is 0.0521 e. The third-order valence-corrected chi connectivity index (χ3v) is 5.32. The molecule has 0 radical (unpaired) electrons. The second kappa shape index (κ2) is 6.80. The molecule has 0 aliphatic carbocycles. The van der Waals surface area contributed by atoms with Crippen LogP contribution in [0.15, 0.2) is 12.4 Å². The molecular formula is C12H20Br2N2. The minimum Gasteiger partial charge on any atom is -0.273 e. The van der Waals surface area contributed by atoms with E-state index in [4.69, 9.17) is 0 Å². The molecule has 0 unspecified atom stereocenters. The van der Waals surface area contributed by atoms with E-state index in [2.05, 4.69) is 57.0 Å². The summed E-state index contributed by atoms with van der Waals surface area (Å²) in [6.07, 6.45) is 7.71. The van der Waals surface area contributed by atoms with E-state index >= 15 is 0 Å². The van der Waals surface area contributed by atoms with E-state index in [1.807, 2.05) is 10.9 Å². The molecule has 16 heavy (non-hydrogen) atoms. The number of aromatic nitrogens is 2. The number of hydrogen-bond donors (Lipinski definition) is 0. The topological polar surface area (TPSA) is 17.8 Å². The van der Waals surface area contributed by atoms with Crippen LogP contribution in [0.1, 0.15) is 32.3 Å². The highest BCUT2D eigenvalue weighted by atomic mass is 79.9. The van der Waals surface area contributed by atoms with Crippen molar-refractivity contribution in [3.63, 3.8) is 0 Å². The molecule has 0 aliphatic heterocycles. The number of halogens is 2. The Balaban J connectivity index is 2.74. The number of rotatable bonds is 7. The Morgan fingerprint density at radius 1 is 1.31 bits per heavy atom. The molecule has 1 rings (SSSR count). The lowest BCUT2D eigenvalue weighted by Gasteiger charge is -2.29. The first-order valence-corrected chi connectivity index (χ1v) is 8.07. The van der Waals surface area contributed by atoms with Gasteiger partial charge in [0.1, 0.15) is 0 Å². The van der Waals surface area contributed by atoms with Gasteiger partial charge in [-0.05, 0) is 30.7 Å². The molecule has 0 saturated heterocycles. The first kappa shape index (κ1) is 14.2. The lowest BCUT2D eigenvalue weighted by Crippen LogP contribution is -2.27. The van der Waals surface area contributed by atoms with E-state index in [9.17, 15) is 0 Å². The van der Waals surface area contributed by atoms with Gasteiger partial charge in [-0.3, -0.25) is 4.68 Å². The Morgan fingerprint density at radius 2 is 2.00 bits per heavy atom. The summed E-state index contributed by atoms with van der Waals surface area (Å²) in [5.41, 5.74) is 1.67. The lowest BCUT2D eigenvalue weighted by molar-refractivity contribution is 0.351. The Hall–Kier alpha value is 0.170. The molecule has 0 aliphatic rings. The normalized spacial score (nSPS) is 12.0. The zero-order valence-corrected chi connectivity index (χ0v) is 13.2. The Morgan fingerprint density at radius 3 is 2.44 bits per heavy atom. The zero-order valence-electron chi connectivity index (χ0n) is 10.0. The quantitative estimate of drug-likeness (QED) is 0.678. The standard InChI is InChI=1S/C12H20Br2N2/c1-3-5-12(9-13,10-14)6-11-7-15-16(4-2)8-11/h7-8H,3-6,9-10H2,1-2H3. The molecule has 4 heteroatoms. The van der Waals surface area contributed by atoms with Gasteiger partial charge in [-0.25, -0.2) is 0 Å². The molecule has 0 saturated carbocycles. The maximum atomic E-state index is 4.33. The highest BCUT2D eigenvalue weighted by molar-refractivity contribution is 9.09. The molecule has 0 amide bonds. The summed E-state index contributed by atoms with van der Waals surface area (Å²) in [4.78, 5) is 0. The van der Waals surface area contributed by atoms with Crippen molar-refractivity contribution in [1.29, 1.82) is 0 Å². The molecule has 0 spiro atoms. The van der Waals surface area contributed by atoms with Crippen LogP contribution in [0.4, 0.5) is 0 Å². The van der Waals surface area contributed by atoms with Crippen molar-refractivity contribution in [3.05, 3.63) is 18.0 Å². The first-order valence-electron chi connectivity index (χ1n) is 5.83. The summed E-state index contributed by atoms with van der Waals surface area (Å²) >= 11 is 7.32. The van der Waals surface area contributed by atoms with Crippen LogP contribution < -0.4 is 0 Å². The third-order valence-electron chi connectivity index (χ3n) is 2.94. The molecule has 0 bridgehead atoms. The van der Waals surface area contributed by atoms with Gasteiger partial charge in [0.15, 0.2) is 0 Å². The summed E-state index contributed by atoms with van der Waals surface area (Å²) in [7, 11) is 0. The van der Waals surface area contributed by atoms with E-state index < -0.39 is 0 Å². The fourth-order valence-electron chi connectivity index (χ4n) is 1.99. The molecule has 1 heterocycles. The Bertz CT molecular complexity index is 306. The molecule has 0 aromatic carbocycles. The van der Waals surface area contributed by atoms with E-state index in [1.165, 1.54) is 18.4 Å². The van der Waals surface area contributed by atoms with Crippen LogP contribution in [-0.4, -0.2) is 20.4 Å². The molecule has 0 N–H and O–H groups in total. The second-order valence-corrected chi connectivity index (χ2v) is 5.52. The van der Waals surface area contributed by atoms with Crippen LogP contribution in [0.5, 0.6) is 0 Å². The molecule has 0 atom stereocenters. The van der Waals surface area contributed by atoms with Crippen LogP contribution in [0.25, 0.3) is 0 Å². The van der Waals surface area contributed by atoms with Crippen LogP contribution >= 0.6 is 31.9 Å². The highest BCUT2D eigenvalue weighted by Crippen LogP contribution is 2.33. The van der Waals surface area contributed by atoms with Gasteiger partial charge in [0, 0.05) is 23.4 Å². The Labute approximate surface area is 115 Å². The van der Waals surface area contributed by atoms with Crippen LogP contribution in [-0.2, 0) is 13.0 Å². The largest absolute Gasteiger partial charge is 0.273 e. The van der Waals surface area contributed by atoms with Gasteiger partial charge in [0.25, 0.3) is 0 Å². The van der Waals surface area contributed by atoms with Crippen LogP contribution in [0.3, 0.4) is 0 Å². The minimum absolute atomic E-state index is 0.330. The zero-order chi connectivity index (χ0) is 12.0. The minimum atomic E-state index is 0.330. The van der Waals surface area contributed by atoms with Crippen molar-refractivity contribution < 1.29 is 0 Å². The number of hydrogen-bond acceptors (Lipinski definition) is 1. The summed E-state index contributed by atoms with van der Waals surface area (Å²) in [6.45, 7) is 5.31. The second-order valence-electron chi connectivity index (χ2n) is 4.40. The fraction of sp³-hybridized carbons (Fsp3) is 0.750. The summed E-state index contributed by atoms with van der Waals surface area (Å²) in [5, 5.41) is 6.41. The van der Waals surface area contributed by atoms with Gasteiger partial charge in [-0.15, -0.1) is 0 Å². The van der Waals surface area contributed by atoms with E-state index in [1.54, 1.807) is 0 Å². The molecule has 0 fully saturated rings. The summed E-state index contributed by atoms with van der Waals surface area (Å²) in [6, 6.07) is 0. The third kappa shape index (κ3) is 3.59. The van der Waals surface area contributed by atoms with Crippen molar-refractivity contribution in [3.8, 4) is 0 Å². The van der Waals surface area contributed by atoms with Gasteiger partial charge < -0.3 is 0 Å². The van der Waals surface area contributed by atoms with Gasteiger partial charge in [0.05, 0.1) is 6.20 Å².